The molecule has 0 radical (unpaired) electrons. The van der Waals surface area contributed by atoms with Gasteiger partial charge in [-0.1, -0.05) is 0 Å². The predicted molar refractivity (Wildman–Crippen MR) is 169 cm³/mol. The topological polar surface area (TPSA) is 0 Å². The first kappa shape index (κ1) is 25.6. The van der Waals surface area contributed by atoms with Crippen molar-refractivity contribution in [3.8, 4) is 22.3 Å². The van der Waals surface area contributed by atoms with Crippen molar-refractivity contribution < 1.29 is 11.9 Å². The molecular formula is C36H40NbSi. The van der Waals surface area contributed by atoms with Gasteiger partial charge in [-0.2, -0.15) is 0 Å². The Morgan fingerprint density at radius 2 is 0.868 bits per heavy atom. The van der Waals surface area contributed by atoms with Crippen LogP contribution in [0.2, 0.25) is 20.6 Å². The molecule has 0 aromatic heterocycles. The Bertz CT molecular complexity index is 1670. The summed E-state index contributed by atoms with van der Waals surface area (Å²) in [4.78, 5) is 0. The summed E-state index contributed by atoms with van der Waals surface area (Å²) in [6, 6.07) is 35.8. The first-order valence-corrected chi connectivity index (χ1v) is 30.4. The quantitative estimate of drug-likeness (QED) is 0.207. The molecule has 0 aliphatic heterocycles. The average Bonchev–Trinajstić information content (AvgIpc) is 3.41. The van der Waals surface area contributed by atoms with E-state index in [4.69, 9.17) is 0 Å². The molecule has 0 spiro atoms. The molecule has 0 fully saturated rings. The fraction of sp³-hybridized carbons (Fsp3) is 0.222. The monoisotopic (exact) mass is 593 g/mol. The Balaban J connectivity index is 1.60. The summed E-state index contributed by atoms with van der Waals surface area (Å²) in [6.07, 6.45) is 5.02. The Morgan fingerprint density at radius 1 is 0.500 bits per heavy atom. The van der Waals surface area contributed by atoms with E-state index >= 15 is 0 Å². The normalized spacial score (nSPS) is 21.3. The molecule has 0 saturated carbocycles. The fourth-order valence-electron chi connectivity index (χ4n) is 8.58. The van der Waals surface area contributed by atoms with Crippen LogP contribution in [0, 0.1) is 0 Å². The summed E-state index contributed by atoms with van der Waals surface area (Å²) in [5.74, 6) is 0. The summed E-state index contributed by atoms with van der Waals surface area (Å²) in [6.45, 7) is 4.79. The second-order valence-corrected chi connectivity index (χ2v) is 69.4. The molecule has 0 amide bonds. The van der Waals surface area contributed by atoms with Crippen molar-refractivity contribution in [1.29, 1.82) is 0 Å². The Hall–Kier alpha value is -2.68. The van der Waals surface area contributed by atoms with Crippen molar-refractivity contribution >= 4 is 19.7 Å². The summed E-state index contributed by atoms with van der Waals surface area (Å²) >= 11 is -4.61. The molecule has 0 heterocycles. The minimum atomic E-state index is -4.61. The summed E-state index contributed by atoms with van der Waals surface area (Å²) < 4.78 is 0.828. The number of rotatable bonds is 4. The van der Waals surface area contributed by atoms with Crippen molar-refractivity contribution in [2.45, 2.75) is 42.7 Å². The van der Waals surface area contributed by atoms with Gasteiger partial charge in [0.15, 0.2) is 0 Å². The second kappa shape index (κ2) is 7.28. The van der Waals surface area contributed by atoms with Gasteiger partial charge in [0, 0.05) is 0 Å². The van der Waals surface area contributed by atoms with Gasteiger partial charge in [0.25, 0.3) is 0 Å². The molecule has 193 valence electrons. The van der Waals surface area contributed by atoms with Gasteiger partial charge in [0.1, 0.15) is 0 Å². The standard InChI is InChI=1S/2C16H13.4CH3.Nb.H2Si/c2*1-12-10-14-8-5-9-15(16(14)11-12)13-6-3-2-4-7-13;;;;;;/h2*2-11H,1H3;4*1H3;;1H2. The first-order valence-electron chi connectivity index (χ1n) is 13.7. The first-order chi connectivity index (χ1) is 17.7. The van der Waals surface area contributed by atoms with Gasteiger partial charge in [-0.25, -0.2) is 0 Å². The van der Waals surface area contributed by atoms with Gasteiger partial charge in [0.05, 0.1) is 0 Å². The maximum absolute atomic E-state index is 4.61. The van der Waals surface area contributed by atoms with Crippen LogP contribution >= 0.6 is 0 Å². The third-order valence-electron chi connectivity index (χ3n) is 9.37. The molecule has 0 bridgehead atoms. The Morgan fingerprint density at radius 3 is 1.24 bits per heavy atom. The molecule has 2 aliphatic carbocycles. The zero-order valence-electron chi connectivity index (χ0n) is 23.7. The third kappa shape index (κ3) is 3.67. The zero-order chi connectivity index (χ0) is 27.0. The second-order valence-electron chi connectivity index (χ2n) is 15.5. The maximum atomic E-state index is 2.74. The molecule has 2 atom stereocenters. The van der Waals surface area contributed by atoms with Gasteiger partial charge in [-0.05, 0) is 0 Å². The number of fused-ring (bicyclic) bond motifs is 2. The average molecular weight is 594 g/mol. The van der Waals surface area contributed by atoms with Crippen LogP contribution in [0.4, 0.5) is 0 Å². The number of hydrogen-bond donors (Lipinski definition) is 0. The predicted octanol–water partition coefficient (Wildman–Crippen LogP) is 10.1. The molecule has 2 aliphatic rings. The van der Waals surface area contributed by atoms with Crippen LogP contribution in [0.3, 0.4) is 0 Å². The molecule has 38 heavy (non-hydrogen) atoms. The SMILES string of the molecule is CC1=Cc2c(-c3ccccc3)cccc2[CH]1[Nb]([CH3])([CH3])([CH3])([CH3])(=[SiH2])[CH]1C(C)=Cc2c(-c3ccccc3)cccc21. The number of allylic oxidation sites excluding steroid dienone is 2. The van der Waals surface area contributed by atoms with Crippen LogP contribution < -0.4 is 0 Å². The molecule has 4 aromatic carbocycles. The molecule has 4 aromatic rings. The van der Waals surface area contributed by atoms with E-state index in [0.29, 0.717) is 8.27 Å². The van der Waals surface area contributed by atoms with E-state index < -0.39 is 11.9 Å². The molecule has 6 rings (SSSR count). The Labute approximate surface area is 225 Å². The summed E-state index contributed by atoms with van der Waals surface area (Å²) in [5, 5.41) is 11.0. The molecule has 0 saturated heterocycles. The van der Waals surface area contributed by atoms with Crippen molar-refractivity contribution in [2.75, 3.05) is 0 Å². The number of benzene rings is 4. The van der Waals surface area contributed by atoms with Crippen LogP contribution in [0.15, 0.2) is 108 Å². The molecule has 0 nitrogen and oxygen atoms in total. The van der Waals surface area contributed by atoms with Crippen LogP contribution in [-0.4, -0.2) is 7.52 Å². The zero-order valence-corrected chi connectivity index (χ0v) is 27.3. The third-order valence-corrected chi connectivity index (χ3v) is 30.5. The number of hydrogen-bond acceptors (Lipinski definition) is 0. The van der Waals surface area contributed by atoms with Crippen molar-refractivity contribution in [2.24, 2.45) is 0 Å². The van der Waals surface area contributed by atoms with Gasteiger partial charge >= 0.3 is 227 Å². The van der Waals surface area contributed by atoms with Gasteiger partial charge < -0.3 is 0 Å². The fourth-order valence-corrected chi connectivity index (χ4v) is 34.3. The summed E-state index contributed by atoms with van der Waals surface area (Å²) in [7, 11) is 2.41. The Kier molecular flexibility index (Phi) is 4.90. The molecular weight excluding hydrogens is 553 g/mol. The van der Waals surface area contributed by atoms with Crippen LogP contribution in [0.25, 0.3) is 34.4 Å². The summed E-state index contributed by atoms with van der Waals surface area (Å²) in [5.41, 5.74) is 14.2. The van der Waals surface area contributed by atoms with E-state index in [1.165, 1.54) is 55.7 Å². The van der Waals surface area contributed by atoms with E-state index in [2.05, 4.69) is 151 Å². The van der Waals surface area contributed by atoms with Crippen molar-refractivity contribution in [3.63, 3.8) is 0 Å². The van der Waals surface area contributed by atoms with E-state index in [0.717, 1.165) is 0 Å². The van der Waals surface area contributed by atoms with E-state index in [1.54, 1.807) is 0 Å². The molecule has 2 heteroatoms. The van der Waals surface area contributed by atoms with Crippen molar-refractivity contribution in [3.05, 3.63) is 130 Å². The van der Waals surface area contributed by atoms with Crippen LogP contribution in [0.1, 0.15) is 44.4 Å². The van der Waals surface area contributed by atoms with Gasteiger partial charge in [0.2, 0.25) is 0 Å². The van der Waals surface area contributed by atoms with E-state index in [-0.39, 0.29) is 0 Å². The van der Waals surface area contributed by atoms with Crippen LogP contribution in [-0.2, 0) is 11.9 Å². The minimum absolute atomic E-state index is 0.414. The van der Waals surface area contributed by atoms with Gasteiger partial charge in [-0.15, -0.1) is 0 Å². The van der Waals surface area contributed by atoms with Crippen LogP contribution in [0.5, 0.6) is 0 Å². The van der Waals surface area contributed by atoms with E-state index in [1.807, 2.05) is 0 Å². The molecule has 0 N–H and O–H groups in total. The van der Waals surface area contributed by atoms with Crippen molar-refractivity contribution in [1.82, 2.24) is 0 Å². The van der Waals surface area contributed by atoms with Gasteiger partial charge in [-0.3, -0.25) is 0 Å². The van der Waals surface area contributed by atoms with E-state index in [9.17, 15) is 0 Å². The molecule has 2 unspecified atom stereocenters.